The molecule has 0 aliphatic rings. The van der Waals surface area contributed by atoms with Gasteiger partial charge in [-0.2, -0.15) is 0 Å². The minimum atomic E-state index is -0.896. The summed E-state index contributed by atoms with van der Waals surface area (Å²) < 4.78 is 28.4. The molecule has 2 heterocycles. The zero-order valence-corrected chi connectivity index (χ0v) is 15.8. The topological polar surface area (TPSA) is 84.7 Å². The number of amides is 1. The first-order valence-electron chi connectivity index (χ1n) is 8.69. The second-order valence-corrected chi connectivity index (χ2v) is 6.25. The average Bonchev–Trinajstić information content (AvgIpc) is 2.97. The van der Waals surface area contributed by atoms with E-state index >= 15 is 0 Å². The van der Waals surface area contributed by atoms with Crippen LogP contribution in [0.5, 0.6) is 0 Å². The number of halogens is 2. The molecule has 2 N–H and O–H groups in total. The van der Waals surface area contributed by atoms with Gasteiger partial charge in [0.2, 0.25) is 0 Å². The molecule has 0 aliphatic carbocycles. The van der Waals surface area contributed by atoms with Crippen molar-refractivity contribution in [1.29, 1.82) is 0 Å². The molecule has 3 rings (SSSR count). The van der Waals surface area contributed by atoms with E-state index in [0.29, 0.717) is 30.1 Å². The number of imidazole rings is 1. The molecular formula is C19H20F2N6O. The van der Waals surface area contributed by atoms with E-state index < -0.39 is 17.5 Å². The highest BCUT2D eigenvalue weighted by atomic mass is 19.1. The largest absolute Gasteiger partial charge is 0.368 e. The highest BCUT2D eigenvalue weighted by Crippen LogP contribution is 2.15. The van der Waals surface area contributed by atoms with E-state index in [2.05, 4.69) is 25.6 Å². The molecule has 0 spiro atoms. The first kappa shape index (κ1) is 19.4. The van der Waals surface area contributed by atoms with Gasteiger partial charge in [0.15, 0.2) is 0 Å². The summed E-state index contributed by atoms with van der Waals surface area (Å²) in [4.78, 5) is 25.0. The standard InChI is InChI=1S/C19H20F2N6O/c1-11-12(2)27(10-24-11)18-9-17(25-13(3)26-18)22-6-7-23-19(28)15-5-4-14(20)8-16(15)21/h4-5,8-10H,6-7H2,1-3H3,(H,23,28)(H,22,25,26). The summed E-state index contributed by atoms with van der Waals surface area (Å²) in [6.45, 7) is 6.26. The van der Waals surface area contributed by atoms with Gasteiger partial charge in [0, 0.05) is 30.9 Å². The zero-order valence-electron chi connectivity index (χ0n) is 15.8. The van der Waals surface area contributed by atoms with Gasteiger partial charge in [0.1, 0.15) is 35.4 Å². The first-order chi connectivity index (χ1) is 13.3. The number of carbonyl (C=O) groups is 1. The highest BCUT2D eigenvalue weighted by Gasteiger charge is 2.12. The third kappa shape index (κ3) is 4.30. The van der Waals surface area contributed by atoms with Crippen LogP contribution in [0.3, 0.4) is 0 Å². The number of carbonyl (C=O) groups excluding carboxylic acids is 1. The van der Waals surface area contributed by atoms with Crippen LogP contribution >= 0.6 is 0 Å². The van der Waals surface area contributed by atoms with Crippen molar-refractivity contribution in [3.8, 4) is 5.82 Å². The van der Waals surface area contributed by atoms with Crippen LogP contribution in [0, 0.1) is 32.4 Å². The van der Waals surface area contributed by atoms with Crippen molar-refractivity contribution in [2.24, 2.45) is 0 Å². The highest BCUT2D eigenvalue weighted by molar-refractivity contribution is 5.94. The van der Waals surface area contributed by atoms with E-state index in [4.69, 9.17) is 0 Å². The lowest BCUT2D eigenvalue weighted by molar-refractivity contribution is 0.0951. The number of nitrogens with zero attached hydrogens (tertiary/aromatic N) is 4. The van der Waals surface area contributed by atoms with Gasteiger partial charge in [-0.05, 0) is 32.9 Å². The number of benzene rings is 1. The Bertz CT molecular complexity index is 1020. The Labute approximate surface area is 160 Å². The molecule has 1 aromatic carbocycles. The summed E-state index contributed by atoms with van der Waals surface area (Å²) in [5.41, 5.74) is 1.70. The predicted octanol–water partition coefficient (Wildman–Crippen LogP) is 2.71. The number of aromatic nitrogens is 4. The smallest absolute Gasteiger partial charge is 0.254 e. The summed E-state index contributed by atoms with van der Waals surface area (Å²) in [6.07, 6.45) is 1.70. The molecule has 0 fully saturated rings. The van der Waals surface area contributed by atoms with Gasteiger partial charge in [-0.15, -0.1) is 0 Å². The fraction of sp³-hybridized carbons (Fsp3) is 0.263. The molecule has 3 aromatic rings. The van der Waals surface area contributed by atoms with Gasteiger partial charge in [-0.3, -0.25) is 9.36 Å². The van der Waals surface area contributed by atoms with Gasteiger partial charge in [0.25, 0.3) is 5.91 Å². The number of nitrogens with one attached hydrogen (secondary N) is 2. The third-order valence-electron chi connectivity index (χ3n) is 4.22. The Kier molecular flexibility index (Phi) is 5.62. The molecule has 0 bridgehead atoms. The average molecular weight is 386 g/mol. The SMILES string of the molecule is Cc1nc(NCCNC(=O)c2ccc(F)cc2F)cc(-n2cnc(C)c2C)n1. The molecule has 7 nitrogen and oxygen atoms in total. The number of hydrogen-bond donors (Lipinski definition) is 2. The molecule has 1 amide bonds. The van der Waals surface area contributed by atoms with E-state index in [-0.39, 0.29) is 12.1 Å². The Hall–Kier alpha value is -3.36. The van der Waals surface area contributed by atoms with E-state index in [1.807, 2.05) is 18.4 Å². The Morgan fingerprint density at radius 1 is 1.11 bits per heavy atom. The molecule has 28 heavy (non-hydrogen) atoms. The summed E-state index contributed by atoms with van der Waals surface area (Å²) >= 11 is 0. The Morgan fingerprint density at radius 2 is 1.89 bits per heavy atom. The molecule has 9 heteroatoms. The predicted molar refractivity (Wildman–Crippen MR) is 101 cm³/mol. The molecule has 0 atom stereocenters. The van der Waals surface area contributed by atoms with Gasteiger partial charge < -0.3 is 10.6 Å². The number of aryl methyl sites for hydroxylation is 2. The minimum absolute atomic E-state index is 0.201. The molecule has 0 saturated carbocycles. The Morgan fingerprint density at radius 3 is 2.57 bits per heavy atom. The second kappa shape index (κ2) is 8.12. The quantitative estimate of drug-likeness (QED) is 0.637. The molecule has 0 radical (unpaired) electrons. The van der Waals surface area contributed by atoms with Crippen molar-refractivity contribution >= 4 is 11.7 Å². The third-order valence-corrected chi connectivity index (χ3v) is 4.22. The zero-order chi connectivity index (χ0) is 20.3. The van der Waals surface area contributed by atoms with Crippen LogP contribution in [-0.2, 0) is 0 Å². The Balaban J connectivity index is 1.60. The van der Waals surface area contributed by atoms with Crippen molar-refractivity contribution in [3.05, 3.63) is 65.0 Å². The molecule has 146 valence electrons. The monoisotopic (exact) mass is 386 g/mol. The van der Waals surface area contributed by atoms with Crippen molar-refractivity contribution < 1.29 is 13.6 Å². The summed E-state index contributed by atoms with van der Waals surface area (Å²) in [5, 5.41) is 5.68. The molecule has 0 aliphatic heterocycles. The maximum absolute atomic E-state index is 13.6. The lowest BCUT2D eigenvalue weighted by Crippen LogP contribution is -2.29. The normalized spacial score (nSPS) is 10.8. The van der Waals surface area contributed by atoms with Gasteiger partial charge >= 0.3 is 0 Å². The van der Waals surface area contributed by atoms with Gasteiger partial charge in [-0.25, -0.2) is 23.7 Å². The fourth-order valence-electron chi connectivity index (χ4n) is 2.63. The van der Waals surface area contributed by atoms with Crippen LogP contribution in [-0.4, -0.2) is 38.5 Å². The van der Waals surface area contributed by atoms with Gasteiger partial charge in [-0.1, -0.05) is 0 Å². The molecule has 0 saturated heterocycles. The van der Waals surface area contributed by atoms with Gasteiger partial charge in [0.05, 0.1) is 11.3 Å². The summed E-state index contributed by atoms with van der Waals surface area (Å²) in [7, 11) is 0. The first-order valence-corrected chi connectivity index (χ1v) is 8.69. The summed E-state index contributed by atoms with van der Waals surface area (Å²) in [6, 6.07) is 4.62. The maximum atomic E-state index is 13.6. The van der Waals surface area contributed by atoms with Crippen LogP contribution in [0.15, 0.2) is 30.6 Å². The van der Waals surface area contributed by atoms with Crippen LogP contribution < -0.4 is 10.6 Å². The number of hydrogen-bond acceptors (Lipinski definition) is 5. The summed E-state index contributed by atoms with van der Waals surface area (Å²) in [5.74, 6) is -0.367. The van der Waals surface area contributed by atoms with Crippen LogP contribution in [0.4, 0.5) is 14.6 Å². The van der Waals surface area contributed by atoms with Crippen LogP contribution in [0.1, 0.15) is 27.6 Å². The van der Waals surface area contributed by atoms with Crippen molar-refractivity contribution in [2.75, 3.05) is 18.4 Å². The molecular weight excluding hydrogens is 366 g/mol. The number of anilines is 1. The van der Waals surface area contributed by atoms with Crippen molar-refractivity contribution in [1.82, 2.24) is 24.8 Å². The fourth-order valence-corrected chi connectivity index (χ4v) is 2.63. The van der Waals surface area contributed by atoms with Crippen molar-refractivity contribution in [2.45, 2.75) is 20.8 Å². The lowest BCUT2D eigenvalue weighted by Gasteiger charge is -2.11. The van der Waals surface area contributed by atoms with E-state index in [0.717, 1.165) is 23.5 Å². The van der Waals surface area contributed by atoms with Crippen molar-refractivity contribution in [3.63, 3.8) is 0 Å². The van der Waals surface area contributed by atoms with E-state index in [9.17, 15) is 13.6 Å². The van der Waals surface area contributed by atoms with Crippen LogP contribution in [0.2, 0.25) is 0 Å². The lowest BCUT2D eigenvalue weighted by atomic mass is 10.2. The molecule has 0 unspecified atom stereocenters. The maximum Gasteiger partial charge on any atom is 0.254 e. The minimum Gasteiger partial charge on any atom is -0.368 e. The second-order valence-electron chi connectivity index (χ2n) is 6.25. The molecule has 2 aromatic heterocycles. The van der Waals surface area contributed by atoms with E-state index in [1.165, 1.54) is 0 Å². The van der Waals surface area contributed by atoms with Crippen LogP contribution in [0.25, 0.3) is 5.82 Å². The van der Waals surface area contributed by atoms with E-state index in [1.54, 1.807) is 19.3 Å². The number of rotatable bonds is 6.